The average molecular weight is 249 g/mol. The molecule has 1 aromatic rings. The summed E-state index contributed by atoms with van der Waals surface area (Å²) in [7, 11) is 0. The fourth-order valence-corrected chi connectivity index (χ4v) is 2.43. The summed E-state index contributed by atoms with van der Waals surface area (Å²) < 4.78 is 0. The summed E-state index contributed by atoms with van der Waals surface area (Å²) in [6, 6.07) is 5.27. The van der Waals surface area contributed by atoms with Crippen LogP contribution >= 0.6 is 0 Å². The van der Waals surface area contributed by atoms with E-state index in [-0.39, 0.29) is 16.8 Å². The zero-order valence-corrected chi connectivity index (χ0v) is 9.96. The summed E-state index contributed by atoms with van der Waals surface area (Å²) in [5.41, 5.74) is 4.43. The van der Waals surface area contributed by atoms with E-state index < -0.39 is 0 Å². The van der Waals surface area contributed by atoms with E-state index in [1.165, 1.54) is 19.3 Å². The molecule has 0 bridgehead atoms. The molecule has 2 aliphatic heterocycles. The number of nitrogens with zero attached hydrogens (tertiary/aromatic N) is 2. The maximum absolute atomic E-state index is 11.0. The molecule has 6 heteroatoms. The lowest BCUT2D eigenvalue weighted by molar-refractivity contribution is -0.385. The molecule has 18 heavy (non-hydrogen) atoms. The second-order valence-corrected chi connectivity index (χ2v) is 4.66. The summed E-state index contributed by atoms with van der Waals surface area (Å²) in [6.07, 6.45) is 3.31. The van der Waals surface area contributed by atoms with Crippen molar-refractivity contribution in [2.45, 2.75) is 25.5 Å². The summed E-state index contributed by atoms with van der Waals surface area (Å²) in [5.74, 6) is 0. The normalized spacial score (nSPS) is 22.9. The topological polar surface area (TPSA) is 80.9 Å². The van der Waals surface area contributed by atoms with Gasteiger partial charge in [0, 0.05) is 24.8 Å². The van der Waals surface area contributed by atoms with Crippen molar-refractivity contribution in [2.24, 2.45) is 0 Å². The Hall–Kier alpha value is -1.66. The number of hydrogen-bond donors (Lipinski definition) is 1. The molecule has 0 spiro atoms. The highest BCUT2D eigenvalue weighted by Crippen LogP contribution is 2.35. The van der Waals surface area contributed by atoms with Crippen LogP contribution in [-0.4, -0.2) is 18.0 Å². The molecule has 0 aromatic heterocycles. The van der Waals surface area contributed by atoms with E-state index in [4.69, 9.17) is 4.84 Å². The Bertz CT molecular complexity index is 468. The van der Waals surface area contributed by atoms with Gasteiger partial charge in [-0.05, 0) is 31.4 Å². The van der Waals surface area contributed by atoms with Gasteiger partial charge in [-0.2, -0.15) is 5.48 Å². The van der Waals surface area contributed by atoms with Crippen molar-refractivity contribution in [3.05, 3.63) is 33.9 Å². The molecule has 2 aliphatic rings. The molecule has 1 aromatic carbocycles. The lowest BCUT2D eigenvalue weighted by atomic mass is 10.1. The Labute approximate surface area is 105 Å². The molecule has 1 atom stereocenters. The number of piperidine rings is 1. The van der Waals surface area contributed by atoms with Crippen molar-refractivity contribution in [2.75, 3.05) is 18.0 Å². The molecular formula is C12H15N3O3. The van der Waals surface area contributed by atoms with Crippen LogP contribution in [0.25, 0.3) is 0 Å². The summed E-state index contributed by atoms with van der Waals surface area (Å²) in [6.45, 7) is 2.05. The van der Waals surface area contributed by atoms with E-state index in [0.29, 0.717) is 5.56 Å². The first-order valence-electron chi connectivity index (χ1n) is 6.20. The van der Waals surface area contributed by atoms with Gasteiger partial charge in [-0.25, -0.2) is 0 Å². The molecule has 2 heterocycles. The maximum Gasteiger partial charge on any atom is 0.276 e. The monoisotopic (exact) mass is 249 g/mol. The van der Waals surface area contributed by atoms with E-state index in [9.17, 15) is 10.1 Å². The van der Waals surface area contributed by atoms with Crippen LogP contribution in [0, 0.1) is 10.1 Å². The smallest absolute Gasteiger partial charge is 0.276 e. The third-order valence-electron chi connectivity index (χ3n) is 3.45. The van der Waals surface area contributed by atoms with Crippen molar-refractivity contribution in [3.63, 3.8) is 0 Å². The molecule has 96 valence electrons. The largest absolute Gasteiger partial charge is 0.372 e. The lowest BCUT2D eigenvalue weighted by Gasteiger charge is -2.29. The number of anilines is 1. The number of rotatable bonds is 3. The predicted octanol–water partition coefficient (Wildman–Crippen LogP) is 2.12. The minimum absolute atomic E-state index is 0.116. The minimum Gasteiger partial charge on any atom is -0.372 e. The second kappa shape index (κ2) is 4.55. The van der Waals surface area contributed by atoms with Crippen LogP contribution in [0.4, 0.5) is 11.4 Å². The number of hydroxylamine groups is 1. The third kappa shape index (κ3) is 2.16. The molecule has 1 N–H and O–H groups in total. The van der Waals surface area contributed by atoms with E-state index >= 15 is 0 Å². The van der Waals surface area contributed by atoms with Gasteiger partial charge < -0.3 is 4.90 Å². The predicted molar refractivity (Wildman–Crippen MR) is 66.1 cm³/mol. The second-order valence-electron chi connectivity index (χ2n) is 4.66. The third-order valence-corrected chi connectivity index (χ3v) is 3.45. The molecule has 2 saturated heterocycles. The fraction of sp³-hybridized carbons (Fsp3) is 0.500. The van der Waals surface area contributed by atoms with Gasteiger partial charge in [0.2, 0.25) is 0 Å². The standard InChI is InChI=1S/C12H15N3O3/c16-15(17)11-5-4-9(8-10(11)12-13-18-12)14-6-2-1-3-7-14/h4-5,8,12-13H,1-3,6-7H2. The van der Waals surface area contributed by atoms with E-state index in [1.807, 2.05) is 12.1 Å². The number of nitrogens with one attached hydrogen (secondary N) is 1. The quantitative estimate of drug-likeness (QED) is 0.504. The number of nitro benzene ring substituents is 1. The van der Waals surface area contributed by atoms with E-state index in [0.717, 1.165) is 18.8 Å². The first kappa shape index (κ1) is 11.4. The Balaban J connectivity index is 1.91. The van der Waals surface area contributed by atoms with Gasteiger partial charge in [0.1, 0.15) is 0 Å². The Morgan fingerprint density at radius 3 is 2.67 bits per heavy atom. The maximum atomic E-state index is 11.0. The van der Waals surface area contributed by atoms with Gasteiger partial charge >= 0.3 is 0 Å². The molecule has 0 amide bonds. The van der Waals surface area contributed by atoms with Gasteiger partial charge in [0.05, 0.1) is 10.5 Å². The van der Waals surface area contributed by atoms with Crippen LogP contribution in [0.5, 0.6) is 0 Å². The molecule has 3 rings (SSSR count). The Morgan fingerprint density at radius 1 is 1.33 bits per heavy atom. The molecule has 1 unspecified atom stereocenters. The fourth-order valence-electron chi connectivity index (χ4n) is 2.43. The average Bonchev–Trinajstić information content (AvgIpc) is 3.23. The summed E-state index contributed by atoms with van der Waals surface area (Å²) in [5, 5.41) is 11.0. The molecule has 2 fully saturated rings. The van der Waals surface area contributed by atoms with Crippen LogP contribution in [0.3, 0.4) is 0 Å². The minimum atomic E-state index is -0.362. The highest BCUT2D eigenvalue weighted by molar-refractivity contribution is 5.57. The van der Waals surface area contributed by atoms with Gasteiger partial charge in [0.25, 0.3) is 5.69 Å². The molecule has 0 aliphatic carbocycles. The Morgan fingerprint density at radius 2 is 2.06 bits per heavy atom. The zero-order chi connectivity index (χ0) is 12.5. The summed E-state index contributed by atoms with van der Waals surface area (Å²) >= 11 is 0. The highest BCUT2D eigenvalue weighted by Gasteiger charge is 2.32. The molecular weight excluding hydrogens is 234 g/mol. The van der Waals surface area contributed by atoms with Crippen molar-refractivity contribution in [3.8, 4) is 0 Å². The van der Waals surface area contributed by atoms with Crippen LogP contribution in [0.1, 0.15) is 31.1 Å². The lowest BCUT2D eigenvalue weighted by Crippen LogP contribution is -2.29. The number of hydrogen-bond acceptors (Lipinski definition) is 5. The van der Waals surface area contributed by atoms with E-state index in [1.54, 1.807) is 6.07 Å². The number of benzene rings is 1. The first-order chi connectivity index (χ1) is 8.75. The van der Waals surface area contributed by atoms with Gasteiger partial charge in [0.15, 0.2) is 6.23 Å². The molecule has 0 saturated carbocycles. The number of nitro groups is 1. The van der Waals surface area contributed by atoms with Gasteiger partial charge in [-0.3, -0.25) is 15.0 Å². The zero-order valence-electron chi connectivity index (χ0n) is 9.96. The van der Waals surface area contributed by atoms with Gasteiger partial charge in [-0.15, -0.1) is 0 Å². The van der Waals surface area contributed by atoms with E-state index in [2.05, 4.69) is 10.4 Å². The van der Waals surface area contributed by atoms with Gasteiger partial charge in [-0.1, -0.05) is 0 Å². The van der Waals surface area contributed by atoms with Crippen LogP contribution < -0.4 is 10.4 Å². The molecule has 0 radical (unpaired) electrons. The van der Waals surface area contributed by atoms with Crippen molar-refractivity contribution >= 4 is 11.4 Å². The van der Waals surface area contributed by atoms with Crippen LogP contribution in [0.15, 0.2) is 18.2 Å². The Kier molecular flexibility index (Phi) is 2.89. The highest BCUT2D eigenvalue weighted by atomic mass is 16.8. The van der Waals surface area contributed by atoms with Crippen molar-refractivity contribution in [1.29, 1.82) is 0 Å². The van der Waals surface area contributed by atoms with Crippen LogP contribution in [-0.2, 0) is 4.84 Å². The van der Waals surface area contributed by atoms with Crippen LogP contribution in [0.2, 0.25) is 0 Å². The SMILES string of the molecule is O=[N+]([O-])c1ccc(N2CCCCC2)cc1C1NO1. The first-order valence-corrected chi connectivity index (χ1v) is 6.20. The van der Waals surface area contributed by atoms with Crippen molar-refractivity contribution in [1.82, 2.24) is 5.48 Å². The molecule has 6 nitrogen and oxygen atoms in total. The summed E-state index contributed by atoms with van der Waals surface area (Å²) in [4.78, 5) is 17.8. The van der Waals surface area contributed by atoms with Crippen molar-refractivity contribution < 1.29 is 9.76 Å².